The Kier molecular flexibility index (Phi) is 5.90. The van der Waals surface area contributed by atoms with Crippen LogP contribution in [0.15, 0.2) is 54.7 Å². The van der Waals surface area contributed by atoms with E-state index >= 15 is 0 Å². The molecule has 0 spiro atoms. The highest BCUT2D eigenvalue weighted by atomic mass is 35.5. The molecule has 2 atom stereocenters. The van der Waals surface area contributed by atoms with Gasteiger partial charge in [0.05, 0.1) is 12.2 Å². The summed E-state index contributed by atoms with van der Waals surface area (Å²) in [6.45, 7) is 7.01. The van der Waals surface area contributed by atoms with E-state index in [0.717, 1.165) is 41.8 Å². The third kappa shape index (κ3) is 4.81. The van der Waals surface area contributed by atoms with Gasteiger partial charge in [-0.2, -0.15) is 0 Å². The van der Waals surface area contributed by atoms with Crippen molar-refractivity contribution < 1.29 is 9.53 Å². The molecule has 1 aliphatic heterocycles. The molecular weight excluding hydrogens is 386 g/mol. The lowest BCUT2D eigenvalue weighted by Gasteiger charge is -2.35. The summed E-state index contributed by atoms with van der Waals surface area (Å²) in [5.74, 6) is -0.0568. The lowest BCUT2D eigenvalue weighted by molar-refractivity contribution is -0.116. The third-order valence-electron chi connectivity index (χ3n) is 5.23. The van der Waals surface area contributed by atoms with Crippen molar-refractivity contribution in [2.75, 3.05) is 18.4 Å². The van der Waals surface area contributed by atoms with Gasteiger partial charge in [-0.15, -0.1) is 0 Å². The summed E-state index contributed by atoms with van der Waals surface area (Å²) in [6, 6.07) is 15.7. The fourth-order valence-corrected chi connectivity index (χ4v) is 4.24. The van der Waals surface area contributed by atoms with E-state index < -0.39 is 0 Å². The van der Waals surface area contributed by atoms with Gasteiger partial charge in [-0.3, -0.25) is 9.69 Å². The highest BCUT2D eigenvalue weighted by molar-refractivity contribution is 6.31. The van der Waals surface area contributed by atoms with E-state index in [-0.39, 0.29) is 24.7 Å². The van der Waals surface area contributed by atoms with E-state index in [0.29, 0.717) is 5.02 Å². The number of morpholine rings is 1. The summed E-state index contributed by atoms with van der Waals surface area (Å²) < 4.78 is 7.75. The number of rotatable bonds is 5. The van der Waals surface area contributed by atoms with E-state index in [1.54, 1.807) is 0 Å². The minimum atomic E-state index is -0.0568. The Morgan fingerprint density at radius 3 is 2.69 bits per heavy atom. The number of nitrogens with one attached hydrogen (secondary N) is 1. The van der Waals surface area contributed by atoms with Crippen molar-refractivity contribution in [2.45, 2.75) is 39.1 Å². The van der Waals surface area contributed by atoms with Gasteiger partial charge < -0.3 is 14.6 Å². The predicted octanol–water partition coefficient (Wildman–Crippen LogP) is 4.54. The second-order valence-electron chi connectivity index (χ2n) is 7.80. The molecule has 1 N–H and O–H groups in total. The zero-order chi connectivity index (χ0) is 20.4. The maximum absolute atomic E-state index is 12.8. The van der Waals surface area contributed by atoms with Gasteiger partial charge >= 0.3 is 0 Å². The average Bonchev–Trinajstić information content (AvgIpc) is 3.04. The van der Waals surface area contributed by atoms with Gasteiger partial charge in [0.2, 0.25) is 5.91 Å². The molecule has 152 valence electrons. The predicted molar refractivity (Wildman–Crippen MR) is 117 cm³/mol. The summed E-state index contributed by atoms with van der Waals surface area (Å²) in [4.78, 5) is 15.1. The van der Waals surface area contributed by atoms with Crippen LogP contribution >= 0.6 is 11.6 Å². The Hall–Kier alpha value is -2.34. The van der Waals surface area contributed by atoms with Crippen molar-refractivity contribution in [1.82, 2.24) is 9.47 Å². The summed E-state index contributed by atoms with van der Waals surface area (Å²) in [7, 11) is 0. The first-order valence-electron chi connectivity index (χ1n) is 9.98. The lowest BCUT2D eigenvalue weighted by atomic mass is 10.1. The van der Waals surface area contributed by atoms with Crippen LogP contribution in [-0.4, -0.2) is 40.7 Å². The average molecular weight is 412 g/mol. The number of aromatic nitrogens is 1. The summed E-state index contributed by atoms with van der Waals surface area (Å²) in [5.41, 5.74) is 2.93. The van der Waals surface area contributed by atoms with Gasteiger partial charge in [0.15, 0.2) is 0 Å². The topological polar surface area (TPSA) is 46.5 Å². The molecule has 1 aliphatic rings. The maximum Gasteiger partial charge on any atom is 0.244 e. The van der Waals surface area contributed by atoms with E-state index in [1.165, 1.54) is 0 Å². The van der Waals surface area contributed by atoms with Crippen LogP contribution in [0.5, 0.6) is 0 Å². The number of ether oxygens (including phenoxy) is 1. The highest BCUT2D eigenvalue weighted by Gasteiger charge is 2.23. The summed E-state index contributed by atoms with van der Waals surface area (Å²) >= 11 is 6.12. The van der Waals surface area contributed by atoms with Crippen LogP contribution in [-0.2, 0) is 22.6 Å². The van der Waals surface area contributed by atoms with Gasteiger partial charge in [0, 0.05) is 42.1 Å². The van der Waals surface area contributed by atoms with E-state index in [1.807, 2.05) is 53.2 Å². The molecule has 2 unspecified atom stereocenters. The Morgan fingerprint density at radius 2 is 1.90 bits per heavy atom. The van der Waals surface area contributed by atoms with Crippen molar-refractivity contribution in [3.05, 3.63) is 65.3 Å². The first-order valence-corrected chi connectivity index (χ1v) is 10.4. The molecule has 4 rings (SSSR count). The molecule has 1 aromatic heterocycles. The fourth-order valence-electron chi connectivity index (χ4n) is 4.07. The number of carbonyl (C=O) groups excluding carboxylic acids is 1. The summed E-state index contributed by atoms with van der Waals surface area (Å²) in [5, 5.41) is 4.82. The number of nitrogens with zero attached hydrogens (tertiary/aromatic N) is 2. The first kappa shape index (κ1) is 20.0. The molecular formula is C23H26ClN3O2. The molecule has 29 heavy (non-hydrogen) atoms. The SMILES string of the molecule is CC1CN(Cc2ccccc2NC(=O)Cn2ccc3ccc(Cl)cc32)CC(C)O1. The Balaban J connectivity index is 1.46. The van der Waals surface area contributed by atoms with Crippen molar-refractivity contribution in [3.8, 4) is 0 Å². The van der Waals surface area contributed by atoms with Crippen molar-refractivity contribution in [3.63, 3.8) is 0 Å². The van der Waals surface area contributed by atoms with Gasteiger partial charge in [-0.05, 0) is 49.1 Å². The molecule has 6 heteroatoms. The lowest BCUT2D eigenvalue weighted by Crippen LogP contribution is -2.44. The number of anilines is 1. The van der Waals surface area contributed by atoms with Crippen LogP contribution in [0.1, 0.15) is 19.4 Å². The number of hydrogen-bond donors (Lipinski definition) is 1. The fraction of sp³-hybridized carbons (Fsp3) is 0.348. The van der Waals surface area contributed by atoms with Gasteiger partial charge in [0.1, 0.15) is 6.54 Å². The van der Waals surface area contributed by atoms with Crippen molar-refractivity contribution >= 4 is 34.1 Å². The molecule has 2 heterocycles. The zero-order valence-electron chi connectivity index (χ0n) is 16.8. The van der Waals surface area contributed by atoms with Gasteiger partial charge in [-0.25, -0.2) is 0 Å². The number of benzene rings is 2. The van der Waals surface area contributed by atoms with E-state index in [4.69, 9.17) is 16.3 Å². The normalized spacial score (nSPS) is 20.1. The van der Waals surface area contributed by atoms with E-state index in [9.17, 15) is 4.79 Å². The summed E-state index contributed by atoms with van der Waals surface area (Å²) in [6.07, 6.45) is 2.35. The van der Waals surface area contributed by atoms with Crippen LogP contribution in [0.3, 0.4) is 0 Å². The van der Waals surface area contributed by atoms with Crippen molar-refractivity contribution in [2.24, 2.45) is 0 Å². The zero-order valence-corrected chi connectivity index (χ0v) is 17.5. The second kappa shape index (κ2) is 8.57. The molecule has 1 saturated heterocycles. The second-order valence-corrected chi connectivity index (χ2v) is 8.24. The molecule has 1 amide bonds. The Labute approximate surface area is 176 Å². The number of halogens is 1. The quantitative estimate of drug-likeness (QED) is 0.670. The molecule has 0 bridgehead atoms. The number of para-hydroxylation sites is 1. The number of hydrogen-bond acceptors (Lipinski definition) is 3. The largest absolute Gasteiger partial charge is 0.373 e. The van der Waals surface area contributed by atoms with Gasteiger partial charge in [0.25, 0.3) is 0 Å². The molecule has 1 fully saturated rings. The molecule has 3 aromatic rings. The van der Waals surface area contributed by atoms with Crippen LogP contribution in [0.4, 0.5) is 5.69 Å². The third-order valence-corrected chi connectivity index (χ3v) is 5.47. The first-order chi connectivity index (χ1) is 14.0. The van der Waals surface area contributed by atoms with Crippen LogP contribution in [0.2, 0.25) is 5.02 Å². The molecule has 0 aliphatic carbocycles. The van der Waals surface area contributed by atoms with Crippen LogP contribution in [0.25, 0.3) is 10.9 Å². The standard InChI is InChI=1S/C23H26ClN3O2/c1-16-12-26(13-17(2)29-16)14-19-5-3-4-6-21(19)25-23(28)15-27-10-9-18-7-8-20(24)11-22(18)27/h3-11,16-17H,12-15H2,1-2H3,(H,25,28). The Bertz CT molecular complexity index is 1010. The number of carbonyl (C=O) groups is 1. The van der Waals surface area contributed by atoms with Crippen LogP contribution < -0.4 is 5.32 Å². The molecule has 2 aromatic carbocycles. The minimum Gasteiger partial charge on any atom is -0.373 e. The molecule has 0 saturated carbocycles. The number of fused-ring (bicyclic) bond motifs is 1. The minimum absolute atomic E-state index is 0.0568. The molecule has 0 radical (unpaired) electrons. The number of amides is 1. The Morgan fingerprint density at radius 1 is 1.14 bits per heavy atom. The van der Waals surface area contributed by atoms with E-state index in [2.05, 4.69) is 30.1 Å². The maximum atomic E-state index is 12.8. The van der Waals surface area contributed by atoms with Crippen molar-refractivity contribution in [1.29, 1.82) is 0 Å². The molecule has 5 nitrogen and oxygen atoms in total. The van der Waals surface area contributed by atoms with Crippen LogP contribution in [0, 0.1) is 0 Å². The highest BCUT2D eigenvalue weighted by Crippen LogP contribution is 2.22. The van der Waals surface area contributed by atoms with Gasteiger partial charge in [-0.1, -0.05) is 35.9 Å². The smallest absolute Gasteiger partial charge is 0.244 e. The monoisotopic (exact) mass is 411 g/mol.